The number of hydrogen-bond donors (Lipinski definition) is 1. The van der Waals surface area contributed by atoms with Gasteiger partial charge in [-0.2, -0.15) is 0 Å². The van der Waals surface area contributed by atoms with Gasteiger partial charge in [-0.25, -0.2) is 4.39 Å². The van der Waals surface area contributed by atoms with Crippen LogP contribution in [0.4, 0.5) is 17.6 Å². The average molecular weight is 303 g/mol. The van der Waals surface area contributed by atoms with Crippen molar-refractivity contribution in [2.45, 2.75) is 24.9 Å². The summed E-state index contributed by atoms with van der Waals surface area (Å²) in [6, 6.07) is 3.06. The quantitative estimate of drug-likeness (QED) is 0.852. The smallest absolute Gasteiger partial charge is 0.406 e. The zero-order valence-corrected chi connectivity index (χ0v) is 10.9. The molecule has 114 valence electrons. The first-order valence-corrected chi connectivity index (χ1v) is 6.51. The summed E-state index contributed by atoms with van der Waals surface area (Å²) in [6.07, 6.45) is -2.49. The Balaban J connectivity index is 1.90. The molecule has 0 amide bonds. The third-order valence-corrected chi connectivity index (χ3v) is 3.45. The molecule has 0 spiro atoms. The molecule has 1 fully saturated rings. The zero-order chi connectivity index (χ0) is 15.0. The third kappa shape index (κ3) is 3.36. The molecule has 21 heavy (non-hydrogen) atoms. The second kappa shape index (κ2) is 5.31. The molecule has 2 unspecified atom stereocenters. The highest BCUT2D eigenvalue weighted by Crippen LogP contribution is 2.32. The molecule has 0 saturated carbocycles. The summed E-state index contributed by atoms with van der Waals surface area (Å²) in [5.74, 6) is -0.976. The number of fused-ring (bicyclic) bond motifs is 2. The van der Waals surface area contributed by atoms with Crippen molar-refractivity contribution in [1.82, 2.24) is 5.32 Å². The monoisotopic (exact) mass is 303 g/mol. The summed E-state index contributed by atoms with van der Waals surface area (Å²) in [6.45, 7) is 0.981. The molecule has 3 rings (SSSR count). The topological polar surface area (TPSA) is 30.5 Å². The number of hydrogen-bond acceptors (Lipinski definition) is 3. The summed E-state index contributed by atoms with van der Waals surface area (Å²) in [5.41, 5.74) is 0.826. The van der Waals surface area contributed by atoms with Crippen molar-refractivity contribution in [2.24, 2.45) is 0 Å². The van der Waals surface area contributed by atoms with E-state index in [2.05, 4.69) is 10.1 Å². The molecular weight excluding hydrogens is 290 g/mol. The molecule has 1 aromatic rings. The molecule has 7 heteroatoms. The fraction of sp³-hybridized carbons (Fsp3) is 0.429. The van der Waals surface area contributed by atoms with Gasteiger partial charge in [-0.1, -0.05) is 6.08 Å². The minimum Gasteiger partial charge on any atom is -0.406 e. The van der Waals surface area contributed by atoms with E-state index in [0.29, 0.717) is 25.2 Å². The van der Waals surface area contributed by atoms with Crippen LogP contribution in [0, 0.1) is 5.82 Å². The Labute approximate surface area is 118 Å². The number of alkyl halides is 3. The average Bonchev–Trinajstić information content (AvgIpc) is 2.39. The first kappa shape index (κ1) is 14.3. The molecule has 2 aliphatic rings. The summed E-state index contributed by atoms with van der Waals surface area (Å²) < 4.78 is 59.9. The van der Waals surface area contributed by atoms with Gasteiger partial charge in [-0.3, -0.25) is 0 Å². The maximum absolute atomic E-state index is 13.9. The van der Waals surface area contributed by atoms with Crippen LogP contribution in [-0.2, 0) is 4.74 Å². The van der Waals surface area contributed by atoms with Crippen LogP contribution >= 0.6 is 0 Å². The maximum atomic E-state index is 13.9. The predicted molar refractivity (Wildman–Crippen MR) is 67.2 cm³/mol. The van der Waals surface area contributed by atoms with Crippen molar-refractivity contribution >= 4 is 5.57 Å². The Morgan fingerprint density at radius 1 is 1.24 bits per heavy atom. The Kier molecular flexibility index (Phi) is 3.62. The number of rotatable bonds is 2. The van der Waals surface area contributed by atoms with E-state index in [-0.39, 0.29) is 17.6 Å². The van der Waals surface area contributed by atoms with E-state index < -0.39 is 17.9 Å². The van der Waals surface area contributed by atoms with Crippen LogP contribution < -0.4 is 10.1 Å². The van der Waals surface area contributed by atoms with Crippen molar-refractivity contribution in [3.63, 3.8) is 0 Å². The van der Waals surface area contributed by atoms with Gasteiger partial charge in [0, 0.05) is 17.6 Å². The molecule has 0 aliphatic carbocycles. The van der Waals surface area contributed by atoms with E-state index in [9.17, 15) is 17.6 Å². The standard InChI is InChI=1S/C14H13F4NO2/c15-13-2-1-11(21-14(16,17)18)5-12(13)8-3-9-6-20-7-10(4-8)19-9/h1-3,5,9-10,19H,4,6-7H2. The number of benzene rings is 1. The van der Waals surface area contributed by atoms with E-state index in [1.807, 2.05) is 0 Å². The van der Waals surface area contributed by atoms with E-state index >= 15 is 0 Å². The number of ether oxygens (including phenoxy) is 2. The zero-order valence-electron chi connectivity index (χ0n) is 10.9. The summed E-state index contributed by atoms with van der Waals surface area (Å²) >= 11 is 0. The lowest BCUT2D eigenvalue weighted by molar-refractivity contribution is -0.274. The van der Waals surface area contributed by atoms with Gasteiger partial charge in [0.2, 0.25) is 0 Å². The molecule has 2 aliphatic heterocycles. The van der Waals surface area contributed by atoms with Crippen molar-refractivity contribution in [2.75, 3.05) is 13.2 Å². The largest absolute Gasteiger partial charge is 0.573 e. The van der Waals surface area contributed by atoms with Gasteiger partial charge in [0.05, 0.1) is 13.2 Å². The Morgan fingerprint density at radius 2 is 2.05 bits per heavy atom. The van der Waals surface area contributed by atoms with E-state index in [1.165, 1.54) is 0 Å². The fourth-order valence-electron chi connectivity index (χ4n) is 2.67. The minimum atomic E-state index is -4.79. The lowest BCUT2D eigenvalue weighted by atomic mass is 9.91. The molecule has 1 aromatic carbocycles. The summed E-state index contributed by atoms with van der Waals surface area (Å²) in [7, 11) is 0. The van der Waals surface area contributed by atoms with Crippen LogP contribution in [0.15, 0.2) is 24.3 Å². The second-order valence-electron chi connectivity index (χ2n) is 5.09. The highest BCUT2D eigenvalue weighted by atomic mass is 19.4. The molecule has 2 atom stereocenters. The van der Waals surface area contributed by atoms with Gasteiger partial charge in [0.15, 0.2) is 0 Å². The van der Waals surface area contributed by atoms with Gasteiger partial charge in [0.1, 0.15) is 11.6 Å². The normalized spacial score (nSPS) is 25.4. The summed E-state index contributed by atoms with van der Waals surface area (Å²) in [5, 5.41) is 3.29. The molecule has 1 N–H and O–H groups in total. The van der Waals surface area contributed by atoms with Crippen LogP contribution in [0.25, 0.3) is 5.57 Å². The first-order chi connectivity index (χ1) is 9.90. The van der Waals surface area contributed by atoms with Crippen molar-refractivity contribution < 1.29 is 27.0 Å². The molecule has 3 nitrogen and oxygen atoms in total. The van der Waals surface area contributed by atoms with Crippen LogP contribution in [0.3, 0.4) is 0 Å². The summed E-state index contributed by atoms with van der Waals surface area (Å²) in [4.78, 5) is 0. The van der Waals surface area contributed by atoms with Crippen molar-refractivity contribution in [1.29, 1.82) is 0 Å². The Hall–Kier alpha value is -1.60. The van der Waals surface area contributed by atoms with E-state index in [1.54, 1.807) is 6.08 Å². The lowest BCUT2D eigenvalue weighted by Crippen LogP contribution is -2.50. The van der Waals surface area contributed by atoms with Gasteiger partial charge >= 0.3 is 6.36 Å². The second-order valence-corrected chi connectivity index (χ2v) is 5.09. The molecular formula is C14H13F4NO2. The first-order valence-electron chi connectivity index (χ1n) is 6.51. The highest BCUT2D eigenvalue weighted by molar-refractivity contribution is 5.69. The van der Waals surface area contributed by atoms with Crippen molar-refractivity contribution in [3.05, 3.63) is 35.7 Å². The van der Waals surface area contributed by atoms with E-state index in [0.717, 1.165) is 18.2 Å². The van der Waals surface area contributed by atoms with Crippen LogP contribution in [0.5, 0.6) is 5.75 Å². The molecule has 0 aromatic heterocycles. The molecule has 2 bridgehead atoms. The van der Waals surface area contributed by atoms with Gasteiger partial charge in [-0.15, -0.1) is 13.2 Å². The highest BCUT2D eigenvalue weighted by Gasteiger charge is 2.32. The van der Waals surface area contributed by atoms with Crippen LogP contribution in [0.1, 0.15) is 12.0 Å². The van der Waals surface area contributed by atoms with Gasteiger partial charge < -0.3 is 14.8 Å². The Bertz CT molecular complexity index is 571. The molecule has 0 radical (unpaired) electrons. The number of nitrogens with one attached hydrogen (secondary N) is 1. The van der Waals surface area contributed by atoms with Gasteiger partial charge in [0.25, 0.3) is 0 Å². The molecule has 1 saturated heterocycles. The van der Waals surface area contributed by atoms with Crippen molar-refractivity contribution in [3.8, 4) is 5.75 Å². The van der Waals surface area contributed by atoms with E-state index in [4.69, 9.17) is 4.74 Å². The number of halogens is 4. The lowest BCUT2D eigenvalue weighted by Gasteiger charge is -2.35. The SMILES string of the molecule is Fc1ccc(OC(F)(F)F)cc1C1=CC2COCC(C1)N2. The fourth-order valence-corrected chi connectivity index (χ4v) is 2.67. The van der Waals surface area contributed by atoms with Gasteiger partial charge in [-0.05, 0) is 30.2 Å². The van der Waals surface area contributed by atoms with Crippen LogP contribution in [0.2, 0.25) is 0 Å². The maximum Gasteiger partial charge on any atom is 0.573 e. The predicted octanol–water partition coefficient (Wildman–Crippen LogP) is 2.87. The minimum absolute atomic E-state index is 0.0425. The van der Waals surface area contributed by atoms with Crippen LogP contribution in [-0.4, -0.2) is 31.7 Å². The number of morpholine rings is 1. The molecule has 2 heterocycles. The Morgan fingerprint density at radius 3 is 2.76 bits per heavy atom. The third-order valence-electron chi connectivity index (χ3n) is 3.45.